The van der Waals surface area contributed by atoms with Gasteiger partial charge < -0.3 is 9.30 Å². The van der Waals surface area contributed by atoms with Gasteiger partial charge in [0, 0.05) is 7.05 Å². The third-order valence-electron chi connectivity index (χ3n) is 3.39. The Labute approximate surface area is 134 Å². The van der Waals surface area contributed by atoms with Crippen molar-refractivity contribution in [3.8, 4) is 5.75 Å². The number of anilines is 1. The fourth-order valence-corrected chi connectivity index (χ4v) is 2.25. The van der Waals surface area contributed by atoms with E-state index in [0.29, 0.717) is 12.6 Å². The van der Waals surface area contributed by atoms with Crippen LogP contribution in [0.25, 0.3) is 11.0 Å². The van der Waals surface area contributed by atoms with Crippen LogP contribution in [-0.2, 0) is 7.05 Å². The lowest BCUT2D eigenvalue weighted by atomic mass is 10.2. The van der Waals surface area contributed by atoms with E-state index in [4.69, 9.17) is 4.74 Å². The maximum Gasteiger partial charge on any atom is 0.224 e. The largest absolute Gasteiger partial charge is 0.490 e. The fraction of sp³-hybridized carbons (Fsp3) is 0.111. The summed E-state index contributed by atoms with van der Waals surface area (Å²) in [4.78, 5) is 4.50. The number of benzene rings is 2. The molecule has 23 heavy (non-hydrogen) atoms. The summed E-state index contributed by atoms with van der Waals surface area (Å²) < 4.78 is 7.47. The normalized spacial score (nSPS) is 11.0. The molecule has 2 aromatic carbocycles. The van der Waals surface area contributed by atoms with Gasteiger partial charge >= 0.3 is 0 Å². The first-order valence-corrected chi connectivity index (χ1v) is 7.32. The number of aryl methyl sites for hydroxylation is 1. The molecule has 3 aromatic rings. The molecule has 1 aromatic heterocycles. The van der Waals surface area contributed by atoms with Crippen molar-refractivity contribution in [3.05, 3.63) is 66.7 Å². The van der Waals surface area contributed by atoms with Gasteiger partial charge in [-0.2, -0.15) is 5.10 Å². The van der Waals surface area contributed by atoms with Crippen LogP contribution in [0.2, 0.25) is 0 Å². The van der Waals surface area contributed by atoms with Crippen molar-refractivity contribution in [2.45, 2.75) is 0 Å². The van der Waals surface area contributed by atoms with Gasteiger partial charge in [0.05, 0.1) is 17.2 Å². The van der Waals surface area contributed by atoms with Gasteiger partial charge in [-0.15, -0.1) is 0 Å². The molecule has 116 valence electrons. The Bertz CT molecular complexity index is 851. The molecular weight excluding hydrogens is 288 g/mol. The van der Waals surface area contributed by atoms with Crippen LogP contribution in [0.4, 0.5) is 5.95 Å². The van der Waals surface area contributed by atoms with Crippen molar-refractivity contribution in [1.29, 1.82) is 0 Å². The van der Waals surface area contributed by atoms with Crippen LogP contribution in [0.5, 0.6) is 5.75 Å². The van der Waals surface area contributed by atoms with Gasteiger partial charge in [-0.25, -0.2) is 10.4 Å². The number of nitrogens with zero attached hydrogens (tertiary/aromatic N) is 3. The lowest BCUT2D eigenvalue weighted by Gasteiger charge is -2.03. The van der Waals surface area contributed by atoms with Crippen molar-refractivity contribution in [1.82, 2.24) is 9.55 Å². The summed E-state index contributed by atoms with van der Waals surface area (Å²) in [5, 5.41) is 4.26. The lowest BCUT2D eigenvalue weighted by molar-refractivity contribution is 0.363. The smallest absolute Gasteiger partial charge is 0.224 e. The number of fused-ring (bicyclic) bond motifs is 1. The molecule has 0 spiro atoms. The summed E-state index contributed by atoms with van der Waals surface area (Å²) in [5.41, 5.74) is 5.92. The third-order valence-corrected chi connectivity index (χ3v) is 3.39. The van der Waals surface area contributed by atoms with Gasteiger partial charge in [0.1, 0.15) is 12.4 Å². The van der Waals surface area contributed by atoms with Gasteiger partial charge in [0.15, 0.2) is 0 Å². The predicted octanol–water partition coefficient (Wildman–Crippen LogP) is 3.58. The highest BCUT2D eigenvalue weighted by molar-refractivity contribution is 5.81. The van der Waals surface area contributed by atoms with Gasteiger partial charge in [-0.3, -0.25) is 0 Å². The minimum absolute atomic E-state index is 0.485. The Balaban J connectivity index is 1.73. The van der Waals surface area contributed by atoms with Gasteiger partial charge in [0.2, 0.25) is 5.95 Å². The van der Waals surface area contributed by atoms with Crippen LogP contribution in [0.1, 0.15) is 5.56 Å². The number of hydrazone groups is 1. The number of rotatable bonds is 6. The molecule has 0 bridgehead atoms. The topological polar surface area (TPSA) is 51.4 Å². The average molecular weight is 306 g/mol. The molecule has 0 aliphatic carbocycles. The second kappa shape index (κ2) is 6.79. The molecule has 0 aliphatic rings. The van der Waals surface area contributed by atoms with Crippen molar-refractivity contribution in [2.75, 3.05) is 12.0 Å². The molecule has 0 amide bonds. The van der Waals surface area contributed by atoms with E-state index in [1.165, 1.54) is 0 Å². The van der Waals surface area contributed by atoms with Crippen LogP contribution in [0.15, 0.2) is 66.3 Å². The minimum atomic E-state index is 0.485. The SMILES string of the molecule is C=CCOc1cccc(/C=N\Nc2nc3ccccc3n2C)c1. The summed E-state index contributed by atoms with van der Waals surface area (Å²) in [6.45, 7) is 4.12. The molecule has 0 fully saturated rings. The fourth-order valence-electron chi connectivity index (χ4n) is 2.25. The summed E-state index contributed by atoms with van der Waals surface area (Å²) in [5.74, 6) is 1.48. The first-order valence-electron chi connectivity index (χ1n) is 7.32. The Morgan fingerprint density at radius 1 is 1.26 bits per heavy atom. The van der Waals surface area contributed by atoms with E-state index in [9.17, 15) is 0 Å². The zero-order valence-corrected chi connectivity index (χ0v) is 12.9. The monoisotopic (exact) mass is 306 g/mol. The zero-order chi connectivity index (χ0) is 16.1. The lowest BCUT2D eigenvalue weighted by Crippen LogP contribution is -1.99. The molecule has 0 radical (unpaired) electrons. The molecule has 0 atom stereocenters. The van der Waals surface area contributed by atoms with E-state index < -0.39 is 0 Å². The van der Waals surface area contributed by atoms with Crippen LogP contribution in [0, 0.1) is 0 Å². The second-order valence-electron chi connectivity index (χ2n) is 5.03. The molecule has 3 rings (SSSR count). The molecule has 5 heteroatoms. The molecule has 1 heterocycles. The van der Waals surface area contributed by atoms with Crippen molar-refractivity contribution >= 4 is 23.2 Å². The molecule has 0 saturated heterocycles. The van der Waals surface area contributed by atoms with Crippen molar-refractivity contribution < 1.29 is 4.74 Å². The van der Waals surface area contributed by atoms with Gasteiger partial charge in [-0.1, -0.05) is 36.9 Å². The first kappa shape index (κ1) is 14.8. The number of hydrogen-bond donors (Lipinski definition) is 1. The standard InChI is InChI=1S/C18H18N4O/c1-3-11-23-15-8-6-7-14(12-15)13-19-21-18-20-16-9-4-5-10-17(16)22(18)2/h3-10,12-13H,1,11H2,2H3,(H,20,21)/b19-13-. The van der Waals surface area contributed by atoms with Crippen LogP contribution < -0.4 is 10.2 Å². The predicted molar refractivity (Wildman–Crippen MR) is 94.1 cm³/mol. The maximum atomic E-state index is 5.50. The third kappa shape index (κ3) is 3.40. The summed E-state index contributed by atoms with van der Waals surface area (Å²) in [6.07, 6.45) is 3.45. The van der Waals surface area contributed by atoms with Gasteiger partial charge in [0.25, 0.3) is 0 Å². The van der Waals surface area contributed by atoms with Crippen LogP contribution in [-0.4, -0.2) is 22.4 Å². The van der Waals surface area contributed by atoms with Crippen LogP contribution >= 0.6 is 0 Å². The van der Waals surface area contributed by atoms with Crippen molar-refractivity contribution in [3.63, 3.8) is 0 Å². The van der Waals surface area contributed by atoms with Crippen LogP contribution in [0.3, 0.4) is 0 Å². The van der Waals surface area contributed by atoms with Crippen molar-refractivity contribution in [2.24, 2.45) is 12.1 Å². The molecule has 0 aliphatic heterocycles. The zero-order valence-electron chi connectivity index (χ0n) is 12.9. The number of imidazole rings is 1. The molecule has 5 nitrogen and oxygen atoms in total. The molecule has 0 saturated carbocycles. The number of para-hydroxylation sites is 2. The highest BCUT2D eigenvalue weighted by Gasteiger charge is 2.05. The molecular formula is C18H18N4O. The van der Waals surface area contributed by atoms with E-state index in [-0.39, 0.29) is 0 Å². The Kier molecular flexibility index (Phi) is 4.38. The number of ether oxygens (including phenoxy) is 1. The number of aromatic nitrogens is 2. The summed E-state index contributed by atoms with van der Waals surface area (Å²) in [7, 11) is 1.96. The van der Waals surface area contributed by atoms with E-state index in [2.05, 4.69) is 22.1 Å². The average Bonchev–Trinajstić information content (AvgIpc) is 2.90. The van der Waals surface area contributed by atoms with E-state index in [1.54, 1.807) is 12.3 Å². The Morgan fingerprint density at radius 3 is 2.96 bits per heavy atom. The minimum Gasteiger partial charge on any atom is -0.490 e. The van der Waals surface area contributed by atoms with Gasteiger partial charge in [-0.05, 0) is 29.8 Å². The highest BCUT2D eigenvalue weighted by Crippen LogP contribution is 2.17. The summed E-state index contributed by atoms with van der Waals surface area (Å²) in [6, 6.07) is 15.7. The van der Waals surface area contributed by atoms with E-state index in [0.717, 1.165) is 22.3 Å². The maximum absolute atomic E-state index is 5.50. The Morgan fingerprint density at radius 2 is 2.13 bits per heavy atom. The molecule has 1 N–H and O–H groups in total. The number of hydrogen-bond acceptors (Lipinski definition) is 4. The Hall–Kier alpha value is -3.08. The molecule has 0 unspecified atom stereocenters. The summed E-state index contributed by atoms with van der Waals surface area (Å²) >= 11 is 0. The quantitative estimate of drug-likeness (QED) is 0.430. The first-order chi connectivity index (χ1) is 11.3. The second-order valence-corrected chi connectivity index (χ2v) is 5.03. The highest BCUT2D eigenvalue weighted by atomic mass is 16.5. The number of nitrogens with one attached hydrogen (secondary N) is 1. The van der Waals surface area contributed by atoms with E-state index in [1.807, 2.05) is 60.1 Å². The van der Waals surface area contributed by atoms with E-state index >= 15 is 0 Å².